The number of benzene rings is 1. The molecule has 2 heterocycles. The number of pyridine rings is 1. The summed E-state index contributed by atoms with van der Waals surface area (Å²) in [4.78, 5) is 18.2. The highest BCUT2D eigenvalue weighted by Crippen LogP contribution is 2.26. The summed E-state index contributed by atoms with van der Waals surface area (Å²) in [6, 6.07) is 13.4. The third-order valence-corrected chi connectivity index (χ3v) is 3.40. The monoisotopic (exact) mass is 268 g/mol. The van der Waals surface area contributed by atoms with E-state index in [0.29, 0.717) is 6.54 Å². The molecule has 2 amide bonds. The standard InChI is InChI=1S/C15H16N4O/c1-16-11-5-4-6-12(9-11)19-10-14(18-15(19)20)13-7-2-3-8-17-13/h2-9,14,16H,10H2,1H3,(H,18,20). The maximum absolute atomic E-state index is 12.1. The summed E-state index contributed by atoms with van der Waals surface area (Å²) in [7, 11) is 1.86. The van der Waals surface area contributed by atoms with Crippen molar-refractivity contribution in [1.29, 1.82) is 0 Å². The number of hydrogen-bond donors (Lipinski definition) is 2. The minimum Gasteiger partial charge on any atom is -0.388 e. The normalized spacial score (nSPS) is 17.9. The Kier molecular flexibility index (Phi) is 3.25. The number of nitrogens with zero attached hydrogens (tertiary/aromatic N) is 2. The Morgan fingerprint density at radius 1 is 1.30 bits per heavy atom. The molecule has 0 bridgehead atoms. The fourth-order valence-electron chi connectivity index (χ4n) is 2.34. The molecule has 1 aromatic carbocycles. The van der Waals surface area contributed by atoms with Crippen molar-refractivity contribution in [3.05, 3.63) is 54.4 Å². The Morgan fingerprint density at radius 3 is 2.95 bits per heavy atom. The number of urea groups is 1. The maximum Gasteiger partial charge on any atom is 0.322 e. The summed E-state index contributed by atoms with van der Waals surface area (Å²) in [5.41, 5.74) is 2.75. The summed E-state index contributed by atoms with van der Waals surface area (Å²) in [6.45, 7) is 0.586. The van der Waals surface area contributed by atoms with Gasteiger partial charge in [-0.1, -0.05) is 12.1 Å². The molecule has 1 aromatic heterocycles. The Morgan fingerprint density at radius 2 is 2.20 bits per heavy atom. The molecular formula is C15H16N4O. The second-order valence-corrected chi connectivity index (χ2v) is 4.67. The molecule has 3 rings (SSSR count). The summed E-state index contributed by atoms with van der Waals surface area (Å²) >= 11 is 0. The average Bonchev–Trinajstić information content (AvgIpc) is 2.90. The molecule has 1 saturated heterocycles. The van der Waals surface area contributed by atoms with E-state index in [1.807, 2.05) is 49.5 Å². The fourth-order valence-corrected chi connectivity index (χ4v) is 2.34. The Bertz CT molecular complexity index is 614. The van der Waals surface area contributed by atoms with Crippen LogP contribution in [0.2, 0.25) is 0 Å². The lowest BCUT2D eigenvalue weighted by Gasteiger charge is -2.15. The van der Waals surface area contributed by atoms with Crippen molar-refractivity contribution in [1.82, 2.24) is 10.3 Å². The number of amides is 2. The second-order valence-electron chi connectivity index (χ2n) is 4.67. The van der Waals surface area contributed by atoms with E-state index in [2.05, 4.69) is 15.6 Å². The molecule has 1 unspecified atom stereocenters. The zero-order valence-corrected chi connectivity index (χ0v) is 11.2. The van der Waals surface area contributed by atoms with E-state index < -0.39 is 0 Å². The van der Waals surface area contributed by atoms with Crippen LogP contribution in [0.5, 0.6) is 0 Å². The molecule has 5 nitrogen and oxygen atoms in total. The van der Waals surface area contributed by atoms with Crippen LogP contribution in [-0.2, 0) is 0 Å². The van der Waals surface area contributed by atoms with Crippen molar-refractivity contribution in [2.75, 3.05) is 23.8 Å². The SMILES string of the molecule is CNc1cccc(N2CC(c3ccccn3)NC2=O)c1. The van der Waals surface area contributed by atoms with Crippen LogP contribution in [0, 0.1) is 0 Å². The summed E-state index contributed by atoms with van der Waals surface area (Å²) in [5.74, 6) is 0. The molecule has 1 aliphatic rings. The first-order valence-corrected chi connectivity index (χ1v) is 6.55. The predicted molar refractivity (Wildman–Crippen MR) is 78.8 cm³/mol. The highest BCUT2D eigenvalue weighted by atomic mass is 16.2. The van der Waals surface area contributed by atoms with E-state index in [-0.39, 0.29) is 12.1 Å². The number of aromatic nitrogens is 1. The zero-order chi connectivity index (χ0) is 13.9. The fraction of sp³-hybridized carbons (Fsp3) is 0.200. The zero-order valence-electron chi connectivity index (χ0n) is 11.2. The molecule has 0 aliphatic carbocycles. The van der Waals surface area contributed by atoms with Gasteiger partial charge in [0, 0.05) is 24.6 Å². The number of carbonyl (C=O) groups excluding carboxylic acids is 1. The van der Waals surface area contributed by atoms with Crippen LogP contribution < -0.4 is 15.5 Å². The summed E-state index contributed by atoms with van der Waals surface area (Å²) < 4.78 is 0. The van der Waals surface area contributed by atoms with Gasteiger partial charge in [0.25, 0.3) is 0 Å². The minimum absolute atomic E-state index is 0.0676. The first kappa shape index (κ1) is 12.5. The van der Waals surface area contributed by atoms with Crippen LogP contribution in [0.15, 0.2) is 48.7 Å². The molecule has 102 valence electrons. The topological polar surface area (TPSA) is 57.3 Å². The van der Waals surface area contributed by atoms with Crippen molar-refractivity contribution in [3.8, 4) is 0 Å². The van der Waals surface area contributed by atoms with E-state index in [9.17, 15) is 4.79 Å². The van der Waals surface area contributed by atoms with Gasteiger partial charge in [0.2, 0.25) is 0 Å². The lowest BCUT2D eigenvalue weighted by atomic mass is 10.2. The number of anilines is 2. The first-order valence-electron chi connectivity index (χ1n) is 6.55. The summed E-state index contributed by atoms with van der Waals surface area (Å²) in [6.07, 6.45) is 1.74. The molecule has 1 fully saturated rings. The van der Waals surface area contributed by atoms with Gasteiger partial charge in [-0.2, -0.15) is 0 Å². The van der Waals surface area contributed by atoms with E-state index in [4.69, 9.17) is 0 Å². The molecule has 20 heavy (non-hydrogen) atoms. The van der Waals surface area contributed by atoms with Crippen LogP contribution in [0.25, 0.3) is 0 Å². The van der Waals surface area contributed by atoms with Crippen molar-refractivity contribution < 1.29 is 4.79 Å². The maximum atomic E-state index is 12.1. The quantitative estimate of drug-likeness (QED) is 0.898. The molecule has 2 N–H and O–H groups in total. The highest BCUT2D eigenvalue weighted by Gasteiger charge is 2.31. The molecule has 5 heteroatoms. The van der Waals surface area contributed by atoms with Gasteiger partial charge in [-0.25, -0.2) is 4.79 Å². The highest BCUT2D eigenvalue weighted by molar-refractivity contribution is 5.95. The van der Waals surface area contributed by atoms with Gasteiger partial charge >= 0.3 is 6.03 Å². The average molecular weight is 268 g/mol. The van der Waals surface area contributed by atoms with Crippen LogP contribution in [0.1, 0.15) is 11.7 Å². The predicted octanol–water partition coefficient (Wildman–Crippen LogP) is 2.39. The van der Waals surface area contributed by atoms with E-state index >= 15 is 0 Å². The third kappa shape index (κ3) is 2.30. The molecular weight excluding hydrogens is 252 g/mol. The molecule has 0 spiro atoms. The van der Waals surface area contributed by atoms with Gasteiger partial charge in [0.05, 0.1) is 18.3 Å². The van der Waals surface area contributed by atoms with Gasteiger partial charge < -0.3 is 10.6 Å². The van der Waals surface area contributed by atoms with Crippen molar-refractivity contribution >= 4 is 17.4 Å². The van der Waals surface area contributed by atoms with E-state index in [1.54, 1.807) is 11.1 Å². The van der Waals surface area contributed by atoms with Crippen LogP contribution in [-0.4, -0.2) is 24.6 Å². The summed E-state index contributed by atoms with van der Waals surface area (Å²) in [5, 5.41) is 6.04. The van der Waals surface area contributed by atoms with Crippen LogP contribution >= 0.6 is 0 Å². The second kappa shape index (κ2) is 5.21. The number of carbonyl (C=O) groups is 1. The molecule has 0 radical (unpaired) electrons. The largest absolute Gasteiger partial charge is 0.388 e. The number of nitrogens with one attached hydrogen (secondary N) is 2. The molecule has 1 atom stereocenters. The lowest BCUT2D eigenvalue weighted by Crippen LogP contribution is -2.27. The van der Waals surface area contributed by atoms with Gasteiger partial charge in [-0.05, 0) is 30.3 Å². The Balaban J connectivity index is 1.83. The lowest BCUT2D eigenvalue weighted by molar-refractivity contribution is 0.251. The van der Waals surface area contributed by atoms with Gasteiger partial charge in [-0.15, -0.1) is 0 Å². The van der Waals surface area contributed by atoms with E-state index in [1.165, 1.54) is 0 Å². The van der Waals surface area contributed by atoms with Crippen molar-refractivity contribution in [2.45, 2.75) is 6.04 Å². The van der Waals surface area contributed by atoms with Gasteiger partial charge in [0.1, 0.15) is 0 Å². The Labute approximate surface area is 117 Å². The number of hydrogen-bond acceptors (Lipinski definition) is 3. The first-order chi connectivity index (χ1) is 9.78. The minimum atomic E-state index is -0.0890. The smallest absolute Gasteiger partial charge is 0.322 e. The molecule has 1 aliphatic heterocycles. The van der Waals surface area contributed by atoms with Crippen molar-refractivity contribution in [2.24, 2.45) is 0 Å². The van der Waals surface area contributed by atoms with Gasteiger partial charge in [-0.3, -0.25) is 9.88 Å². The third-order valence-electron chi connectivity index (χ3n) is 3.40. The van der Waals surface area contributed by atoms with E-state index in [0.717, 1.165) is 17.1 Å². The van der Waals surface area contributed by atoms with Crippen molar-refractivity contribution in [3.63, 3.8) is 0 Å². The Hall–Kier alpha value is -2.56. The molecule has 0 saturated carbocycles. The van der Waals surface area contributed by atoms with Gasteiger partial charge in [0.15, 0.2) is 0 Å². The number of rotatable bonds is 3. The molecule has 2 aromatic rings. The van der Waals surface area contributed by atoms with Crippen LogP contribution in [0.3, 0.4) is 0 Å². The van der Waals surface area contributed by atoms with Crippen LogP contribution in [0.4, 0.5) is 16.2 Å².